The largest absolute Gasteiger partial charge is 0.381 e. The summed E-state index contributed by atoms with van der Waals surface area (Å²) in [5.74, 6) is 3.50. The Morgan fingerprint density at radius 3 is 2.71 bits per heavy atom. The van der Waals surface area contributed by atoms with Crippen LogP contribution in [0.1, 0.15) is 38.7 Å². The molecule has 1 aromatic rings. The molecule has 0 spiro atoms. The molecule has 2 fully saturated rings. The monoisotopic (exact) mass is 501 g/mol. The molecule has 0 radical (unpaired) electrons. The third kappa shape index (κ3) is 6.76. The molecule has 0 amide bonds. The van der Waals surface area contributed by atoms with Gasteiger partial charge in [-0.05, 0) is 43.7 Å². The first-order valence-electron chi connectivity index (χ1n) is 10.4. The van der Waals surface area contributed by atoms with Crippen LogP contribution in [0.3, 0.4) is 0 Å². The van der Waals surface area contributed by atoms with Gasteiger partial charge >= 0.3 is 0 Å². The fraction of sp³-hybridized carbons (Fsp3) is 0.714. The molecule has 0 aromatic carbocycles. The molecule has 0 saturated carbocycles. The third-order valence-electron chi connectivity index (χ3n) is 5.58. The van der Waals surface area contributed by atoms with Gasteiger partial charge in [0.05, 0.1) is 13.2 Å². The van der Waals surface area contributed by atoms with Crippen LogP contribution in [-0.2, 0) is 11.3 Å². The third-order valence-corrected chi connectivity index (χ3v) is 5.58. The van der Waals surface area contributed by atoms with Crippen LogP contribution in [0.2, 0.25) is 0 Å². The van der Waals surface area contributed by atoms with Crippen molar-refractivity contribution in [3.8, 4) is 0 Å². The van der Waals surface area contributed by atoms with E-state index in [1.807, 2.05) is 6.20 Å². The lowest BCUT2D eigenvalue weighted by atomic mass is 9.99. The van der Waals surface area contributed by atoms with Crippen LogP contribution >= 0.6 is 24.0 Å². The summed E-state index contributed by atoms with van der Waals surface area (Å²) in [5.41, 5.74) is 1.15. The number of ether oxygens (including phenoxy) is 1. The number of nitrogens with zero attached hydrogens (tertiary/aromatic N) is 4. The van der Waals surface area contributed by atoms with Crippen LogP contribution in [0.25, 0.3) is 0 Å². The molecule has 2 saturated heterocycles. The van der Waals surface area contributed by atoms with Gasteiger partial charge in [-0.1, -0.05) is 13.0 Å². The molecule has 1 atom stereocenters. The zero-order chi connectivity index (χ0) is 19.1. The molecule has 3 rings (SSSR count). The first-order valence-corrected chi connectivity index (χ1v) is 10.4. The molecular weight excluding hydrogens is 465 g/mol. The minimum Gasteiger partial charge on any atom is -0.381 e. The van der Waals surface area contributed by atoms with Gasteiger partial charge in [0.25, 0.3) is 0 Å². The fourth-order valence-electron chi connectivity index (χ4n) is 3.77. The number of guanidine groups is 1. The Morgan fingerprint density at radius 2 is 2.11 bits per heavy atom. The first kappa shape index (κ1) is 23.2. The lowest BCUT2D eigenvalue weighted by Gasteiger charge is -2.31. The van der Waals surface area contributed by atoms with Crippen LogP contribution in [-0.4, -0.2) is 62.3 Å². The number of hydrogen-bond acceptors (Lipinski definition) is 4. The van der Waals surface area contributed by atoms with Crippen molar-refractivity contribution in [1.29, 1.82) is 0 Å². The molecule has 158 valence electrons. The molecule has 0 aliphatic carbocycles. The van der Waals surface area contributed by atoms with Crippen LogP contribution in [0.15, 0.2) is 23.3 Å². The van der Waals surface area contributed by atoms with Crippen molar-refractivity contribution in [2.75, 3.05) is 51.3 Å². The Bertz CT molecular complexity index is 595. The molecule has 1 N–H and O–H groups in total. The minimum absolute atomic E-state index is 0. The van der Waals surface area contributed by atoms with E-state index in [4.69, 9.17) is 9.73 Å². The molecule has 7 heteroatoms. The first-order chi connectivity index (χ1) is 13.2. The number of nitrogens with one attached hydrogen (secondary N) is 1. The number of aliphatic imine (C=N–C) groups is 1. The molecular formula is C21H36IN5O. The van der Waals surface area contributed by atoms with Gasteiger partial charge in [-0.2, -0.15) is 0 Å². The smallest absolute Gasteiger partial charge is 0.193 e. The molecule has 1 unspecified atom stereocenters. The number of rotatable bonds is 6. The molecule has 6 nitrogen and oxygen atoms in total. The number of hydrogen-bond donors (Lipinski definition) is 1. The highest BCUT2D eigenvalue weighted by atomic mass is 127. The predicted molar refractivity (Wildman–Crippen MR) is 127 cm³/mol. The standard InChI is InChI=1S/C21H35N5O.HI/c1-4-22-21(25(3)15-19-9-12-27-16-19)24-14-18-5-6-20(23-13-18)26-10-7-17(2)8-11-26;/h5-6,13,17,19H,4,7-12,14-16H2,1-3H3,(H,22,24);1H. The summed E-state index contributed by atoms with van der Waals surface area (Å²) in [4.78, 5) is 14.1. The van der Waals surface area contributed by atoms with Gasteiger partial charge < -0.3 is 19.9 Å². The van der Waals surface area contributed by atoms with Gasteiger partial charge in [0, 0.05) is 51.9 Å². The second-order valence-corrected chi connectivity index (χ2v) is 7.97. The van der Waals surface area contributed by atoms with Gasteiger partial charge in [0.1, 0.15) is 5.82 Å². The fourth-order valence-corrected chi connectivity index (χ4v) is 3.77. The van der Waals surface area contributed by atoms with Crippen molar-refractivity contribution < 1.29 is 4.74 Å². The van der Waals surface area contributed by atoms with Gasteiger partial charge in [-0.3, -0.25) is 0 Å². The summed E-state index contributed by atoms with van der Waals surface area (Å²) in [7, 11) is 2.11. The Morgan fingerprint density at radius 1 is 1.32 bits per heavy atom. The van der Waals surface area contributed by atoms with E-state index in [0.717, 1.165) is 69.1 Å². The molecule has 28 heavy (non-hydrogen) atoms. The summed E-state index contributed by atoms with van der Waals surface area (Å²) in [6, 6.07) is 4.31. The van der Waals surface area contributed by atoms with Crippen molar-refractivity contribution in [3.05, 3.63) is 23.9 Å². The maximum absolute atomic E-state index is 5.49. The van der Waals surface area contributed by atoms with E-state index < -0.39 is 0 Å². The SMILES string of the molecule is CCNC(=NCc1ccc(N2CCC(C)CC2)nc1)N(C)CC1CCOC1.I. The lowest BCUT2D eigenvalue weighted by Crippen LogP contribution is -2.41. The Hall–Kier alpha value is -1.09. The Kier molecular flexibility index (Phi) is 9.77. The number of piperidine rings is 1. The zero-order valence-corrected chi connectivity index (χ0v) is 19.9. The van der Waals surface area contributed by atoms with E-state index in [9.17, 15) is 0 Å². The summed E-state index contributed by atoms with van der Waals surface area (Å²) < 4.78 is 5.49. The number of halogens is 1. The maximum Gasteiger partial charge on any atom is 0.193 e. The molecule has 0 bridgehead atoms. The molecule has 2 aliphatic heterocycles. The summed E-state index contributed by atoms with van der Waals surface area (Å²) in [6.45, 7) is 10.9. The zero-order valence-electron chi connectivity index (χ0n) is 17.6. The predicted octanol–water partition coefficient (Wildman–Crippen LogP) is 3.37. The van der Waals surface area contributed by atoms with E-state index in [2.05, 4.69) is 53.1 Å². The van der Waals surface area contributed by atoms with E-state index >= 15 is 0 Å². The quantitative estimate of drug-likeness (QED) is 0.368. The van der Waals surface area contributed by atoms with Gasteiger partial charge in [-0.25, -0.2) is 9.98 Å². The van der Waals surface area contributed by atoms with Crippen LogP contribution in [0, 0.1) is 11.8 Å². The van der Waals surface area contributed by atoms with E-state index in [-0.39, 0.29) is 24.0 Å². The Labute approximate surface area is 187 Å². The average Bonchev–Trinajstić information content (AvgIpc) is 3.19. The number of pyridine rings is 1. The van der Waals surface area contributed by atoms with Crippen LogP contribution < -0.4 is 10.2 Å². The number of anilines is 1. The van der Waals surface area contributed by atoms with Crippen molar-refractivity contribution in [1.82, 2.24) is 15.2 Å². The highest BCUT2D eigenvalue weighted by Crippen LogP contribution is 2.21. The molecule has 1 aromatic heterocycles. The van der Waals surface area contributed by atoms with E-state index in [1.165, 1.54) is 12.8 Å². The number of aromatic nitrogens is 1. The van der Waals surface area contributed by atoms with Crippen molar-refractivity contribution >= 4 is 35.8 Å². The van der Waals surface area contributed by atoms with Gasteiger partial charge in [0.2, 0.25) is 0 Å². The van der Waals surface area contributed by atoms with E-state index in [0.29, 0.717) is 12.5 Å². The van der Waals surface area contributed by atoms with Gasteiger partial charge in [0.15, 0.2) is 5.96 Å². The highest BCUT2D eigenvalue weighted by molar-refractivity contribution is 14.0. The van der Waals surface area contributed by atoms with Crippen LogP contribution in [0.4, 0.5) is 5.82 Å². The average molecular weight is 501 g/mol. The van der Waals surface area contributed by atoms with Crippen LogP contribution in [0.5, 0.6) is 0 Å². The maximum atomic E-state index is 5.49. The normalized spacial score (nSPS) is 20.8. The van der Waals surface area contributed by atoms with Crippen molar-refractivity contribution in [3.63, 3.8) is 0 Å². The minimum atomic E-state index is 0. The van der Waals surface area contributed by atoms with E-state index in [1.54, 1.807) is 0 Å². The molecule has 2 aliphatic rings. The molecule has 3 heterocycles. The summed E-state index contributed by atoms with van der Waals surface area (Å²) >= 11 is 0. The second kappa shape index (κ2) is 11.8. The van der Waals surface area contributed by atoms with Crippen molar-refractivity contribution in [2.24, 2.45) is 16.8 Å². The highest BCUT2D eigenvalue weighted by Gasteiger charge is 2.19. The summed E-state index contributed by atoms with van der Waals surface area (Å²) in [5, 5.41) is 3.40. The van der Waals surface area contributed by atoms with Crippen molar-refractivity contribution in [2.45, 2.75) is 39.7 Å². The van der Waals surface area contributed by atoms with Gasteiger partial charge in [-0.15, -0.1) is 24.0 Å². The summed E-state index contributed by atoms with van der Waals surface area (Å²) in [6.07, 6.45) is 5.64. The Balaban J connectivity index is 0.00000280. The lowest BCUT2D eigenvalue weighted by molar-refractivity contribution is 0.181. The second-order valence-electron chi connectivity index (χ2n) is 7.97. The topological polar surface area (TPSA) is 53.0 Å².